The second-order valence-electron chi connectivity index (χ2n) is 6.32. The van der Waals surface area contributed by atoms with Gasteiger partial charge in [0.1, 0.15) is 5.75 Å². The zero-order valence-electron chi connectivity index (χ0n) is 15.3. The van der Waals surface area contributed by atoms with Crippen LogP contribution in [0.25, 0.3) is 11.1 Å². The first kappa shape index (κ1) is 18.4. The number of carbonyl (C=O) groups excluding carboxylic acids is 2. The van der Waals surface area contributed by atoms with E-state index in [1.54, 1.807) is 66.7 Å². The van der Waals surface area contributed by atoms with Crippen LogP contribution in [0.3, 0.4) is 0 Å². The molecule has 1 aliphatic rings. The average Bonchev–Trinajstić information content (AvgIpc) is 3.20. The van der Waals surface area contributed by atoms with E-state index < -0.39 is 18.5 Å². The molecule has 4 rings (SSSR count). The third-order valence-electron chi connectivity index (χ3n) is 4.31. The number of nitrogens with one attached hydrogen (secondary N) is 1. The fourth-order valence-electron chi connectivity index (χ4n) is 2.84. The largest absolute Gasteiger partial charge is 0.508 e. The highest BCUT2D eigenvalue weighted by molar-refractivity contribution is 5.96. The van der Waals surface area contributed by atoms with Crippen molar-refractivity contribution in [3.05, 3.63) is 72.3 Å². The molecule has 0 unspecified atom stereocenters. The van der Waals surface area contributed by atoms with Crippen LogP contribution in [0.1, 0.15) is 10.4 Å². The van der Waals surface area contributed by atoms with Crippen LogP contribution in [-0.2, 0) is 9.53 Å². The number of hydrogen-bond acceptors (Lipinski definition) is 6. The maximum atomic E-state index is 12.2. The number of benzene rings is 3. The van der Waals surface area contributed by atoms with Gasteiger partial charge in [-0.05, 0) is 47.5 Å². The number of fused-ring (bicyclic) bond motifs is 1. The van der Waals surface area contributed by atoms with E-state index in [1.807, 2.05) is 0 Å². The van der Waals surface area contributed by atoms with Crippen molar-refractivity contribution in [2.75, 3.05) is 18.7 Å². The Balaban J connectivity index is 1.32. The first-order valence-electron chi connectivity index (χ1n) is 8.84. The number of phenols is 1. The molecule has 7 nitrogen and oxygen atoms in total. The summed E-state index contributed by atoms with van der Waals surface area (Å²) >= 11 is 0. The van der Waals surface area contributed by atoms with Gasteiger partial charge in [0.25, 0.3) is 5.91 Å². The van der Waals surface area contributed by atoms with Crippen LogP contribution >= 0.6 is 0 Å². The number of ether oxygens (including phenoxy) is 3. The summed E-state index contributed by atoms with van der Waals surface area (Å²) in [6, 6.07) is 18.6. The normalized spacial score (nSPS) is 11.7. The molecule has 0 aromatic heterocycles. The van der Waals surface area contributed by atoms with Crippen LogP contribution in [0.4, 0.5) is 5.69 Å². The smallest absolute Gasteiger partial charge is 0.338 e. The predicted molar refractivity (Wildman–Crippen MR) is 105 cm³/mol. The molecule has 29 heavy (non-hydrogen) atoms. The molecule has 146 valence electrons. The molecule has 3 aromatic rings. The molecule has 1 aliphatic heterocycles. The van der Waals surface area contributed by atoms with E-state index in [2.05, 4.69) is 5.32 Å². The number of carbonyl (C=O) groups is 2. The van der Waals surface area contributed by atoms with E-state index in [9.17, 15) is 14.7 Å². The van der Waals surface area contributed by atoms with Crippen LogP contribution in [-0.4, -0.2) is 30.4 Å². The van der Waals surface area contributed by atoms with Crippen molar-refractivity contribution in [1.29, 1.82) is 0 Å². The van der Waals surface area contributed by atoms with Gasteiger partial charge in [0.05, 0.1) is 5.56 Å². The second kappa shape index (κ2) is 7.93. The number of anilines is 1. The Morgan fingerprint density at radius 1 is 0.897 bits per heavy atom. The minimum absolute atomic E-state index is 0.149. The summed E-state index contributed by atoms with van der Waals surface area (Å²) in [5.74, 6) is 0.299. The van der Waals surface area contributed by atoms with Crippen LogP contribution in [0.5, 0.6) is 17.2 Å². The molecule has 0 bridgehead atoms. The second-order valence-corrected chi connectivity index (χ2v) is 6.32. The van der Waals surface area contributed by atoms with Crippen LogP contribution in [0.2, 0.25) is 0 Å². The van der Waals surface area contributed by atoms with Gasteiger partial charge in [-0.1, -0.05) is 24.3 Å². The van der Waals surface area contributed by atoms with Gasteiger partial charge in [0.2, 0.25) is 6.79 Å². The summed E-state index contributed by atoms with van der Waals surface area (Å²) in [6.45, 7) is -0.261. The highest BCUT2D eigenvalue weighted by Crippen LogP contribution is 2.34. The van der Waals surface area contributed by atoms with Crippen molar-refractivity contribution in [2.45, 2.75) is 0 Å². The lowest BCUT2D eigenvalue weighted by molar-refractivity contribution is -0.119. The molecule has 3 aromatic carbocycles. The quantitative estimate of drug-likeness (QED) is 0.646. The van der Waals surface area contributed by atoms with Gasteiger partial charge in [0, 0.05) is 11.8 Å². The lowest BCUT2D eigenvalue weighted by Crippen LogP contribution is -2.20. The van der Waals surface area contributed by atoms with Crippen LogP contribution in [0, 0.1) is 0 Å². The van der Waals surface area contributed by atoms with Gasteiger partial charge in [-0.3, -0.25) is 4.79 Å². The Morgan fingerprint density at radius 2 is 1.55 bits per heavy atom. The van der Waals surface area contributed by atoms with E-state index in [0.717, 1.165) is 11.1 Å². The zero-order valence-corrected chi connectivity index (χ0v) is 15.3. The van der Waals surface area contributed by atoms with Crippen molar-refractivity contribution in [3.8, 4) is 28.4 Å². The number of amides is 1. The molecule has 0 fully saturated rings. The minimum Gasteiger partial charge on any atom is -0.508 e. The van der Waals surface area contributed by atoms with Crippen molar-refractivity contribution in [2.24, 2.45) is 0 Å². The van der Waals surface area contributed by atoms with Crippen LogP contribution in [0.15, 0.2) is 66.7 Å². The molecule has 0 aliphatic carbocycles. The number of esters is 1. The number of phenolic OH excluding ortho intramolecular Hbond substituents is 1. The molecule has 0 radical (unpaired) electrons. The third-order valence-corrected chi connectivity index (χ3v) is 4.31. The predicted octanol–water partition coefficient (Wildman–Crippen LogP) is 3.58. The summed E-state index contributed by atoms with van der Waals surface area (Å²) in [7, 11) is 0. The molecule has 2 N–H and O–H groups in total. The molecule has 7 heteroatoms. The van der Waals surface area contributed by atoms with Crippen molar-refractivity contribution in [3.63, 3.8) is 0 Å². The highest BCUT2D eigenvalue weighted by atomic mass is 16.7. The monoisotopic (exact) mass is 391 g/mol. The van der Waals surface area contributed by atoms with Crippen molar-refractivity contribution < 1.29 is 28.9 Å². The highest BCUT2D eigenvalue weighted by Gasteiger charge is 2.15. The van der Waals surface area contributed by atoms with Gasteiger partial charge in [-0.15, -0.1) is 0 Å². The molecular weight excluding hydrogens is 374 g/mol. The summed E-state index contributed by atoms with van der Waals surface area (Å²) in [5.41, 5.74) is 2.66. The standard InChI is InChI=1S/C22H17NO6/c24-18-8-5-15(6-9-18)14-1-3-16(4-2-14)22(26)27-12-21(25)23-17-7-10-19-20(11-17)29-13-28-19/h1-11,24H,12-13H2,(H,23,25). The number of hydrogen-bond donors (Lipinski definition) is 2. The first-order chi connectivity index (χ1) is 14.1. The Morgan fingerprint density at radius 3 is 2.28 bits per heavy atom. The van der Waals surface area contributed by atoms with E-state index in [0.29, 0.717) is 22.7 Å². The Hall–Kier alpha value is -4.00. The lowest BCUT2D eigenvalue weighted by atomic mass is 10.0. The lowest BCUT2D eigenvalue weighted by Gasteiger charge is -2.08. The minimum atomic E-state index is -0.594. The van der Waals surface area contributed by atoms with Gasteiger partial charge in [-0.2, -0.15) is 0 Å². The Kier molecular flexibility index (Phi) is 5.03. The average molecular weight is 391 g/mol. The molecule has 0 saturated carbocycles. The van der Waals surface area contributed by atoms with Crippen molar-refractivity contribution >= 4 is 17.6 Å². The van der Waals surface area contributed by atoms with E-state index >= 15 is 0 Å². The van der Waals surface area contributed by atoms with Crippen LogP contribution < -0.4 is 14.8 Å². The van der Waals surface area contributed by atoms with E-state index in [-0.39, 0.29) is 12.5 Å². The molecule has 0 spiro atoms. The van der Waals surface area contributed by atoms with E-state index in [4.69, 9.17) is 14.2 Å². The number of aromatic hydroxyl groups is 1. The molecule has 0 atom stereocenters. The molecule has 1 heterocycles. The zero-order chi connectivity index (χ0) is 20.2. The fraction of sp³-hybridized carbons (Fsp3) is 0.0909. The fourth-order valence-corrected chi connectivity index (χ4v) is 2.84. The van der Waals surface area contributed by atoms with Gasteiger partial charge < -0.3 is 24.6 Å². The summed E-state index contributed by atoms with van der Waals surface area (Å²) < 4.78 is 15.5. The van der Waals surface area contributed by atoms with Gasteiger partial charge in [0.15, 0.2) is 18.1 Å². The Bertz CT molecular complexity index is 1040. The molecular formula is C22H17NO6. The molecule has 0 saturated heterocycles. The summed E-state index contributed by atoms with van der Waals surface area (Å²) in [4.78, 5) is 24.2. The van der Waals surface area contributed by atoms with Gasteiger partial charge in [-0.25, -0.2) is 4.79 Å². The number of rotatable bonds is 5. The van der Waals surface area contributed by atoms with Crippen molar-refractivity contribution in [1.82, 2.24) is 0 Å². The SMILES string of the molecule is O=C(COC(=O)c1ccc(-c2ccc(O)cc2)cc1)Nc1ccc2c(c1)OCO2. The maximum Gasteiger partial charge on any atom is 0.338 e. The third kappa shape index (κ3) is 4.30. The van der Waals surface area contributed by atoms with Gasteiger partial charge >= 0.3 is 5.97 Å². The topological polar surface area (TPSA) is 94.1 Å². The van der Waals surface area contributed by atoms with E-state index in [1.165, 1.54) is 0 Å². The Labute approximate surface area is 166 Å². The summed E-state index contributed by atoms with van der Waals surface area (Å²) in [5, 5.41) is 12.0. The summed E-state index contributed by atoms with van der Waals surface area (Å²) in [6.07, 6.45) is 0. The maximum absolute atomic E-state index is 12.2. The first-order valence-corrected chi connectivity index (χ1v) is 8.84. The molecule has 1 amide bonds.